The van der Waals surface area contributed by atoms with Gasteiger partial charge in [-0.25, -0.2) is 0 Å². The molecule has 3 aromatic heterocycles. The first-order valence-electron chi connectivity index (χ1n) is 8.45. The van der Waals surface area contributed by atoms with Crippen LogP contribution in [0.3, 0.4) is 0 Å². The van der Waals surface area contributed by atoms with Gasteiger partial charge in [0.15, 0.2) is 11.5 Å². The molecule has 0 fully saturated rings. The van der Waals surface area contributed by atoms with Crippen LogP contribution in [0, 0.1) is 0 Å². The largest absolute Gasteiger partial charge is 0.355 e. The second-order valence-electron chi connectivity index (χ2n) is 5.98. The van der Waals surface area contributed by atoms with Crippen LogP contribution in [0.2, 0.25) is 0 Å². The Labute approximate surface area is 155 Å². The smallest absolute Gasteiger partial charge is 0.273 e. The highest BCUT2D eigenvalue weighted by Gasteiger charge is 2.15. The van der Waals surface area contributed by atoms with Gasteiger partial charge in [0.05, 0.1) is 23.6 Å². The van der Waals surface area contributed by atoms with Crippen LogP contribution in [-0.2, 0) is 13.6 Å². The Bertz CT molecular complexity index is 1050. The van der Waals surface area contributed by atoms with E-state index in [-0.39, 0.29) is 18.1 Å². The normalized spacial score (nSPS) is 10.7. The van der Waals surface area contributed by atoms with Gasteiger partial charge in [-0.2, -0.15) is 5.10 Å². The third kappa shape index (κ3) is 3.62. The van der Waals surface area contributed by atoms with Gasteiger partial charge in [-0.1, -0.05) is 41.6 Å². The van der Waals surface area contributed by atoms with Crippen LogP contribution in [-0.4, -0.2) is 25.8 Å². The fourth-order valence-electron chi connectivity index (χ4n) is 2.75. The Morgan fingerprint density at radius 1 is 1.11 bits per heavy atom. The third-order valence-corrected chi connectivity index (χ3v) is 4.09. The Hall–Kier alpha value is -3.74. The molecule has 0 aliphatic heterocycles. The number of pyridine rings is 1. The molecule has 0 aliphatic rings. The lowest BCUT2D eigenvalue weighted by Crippen LogP contribution is -2.23. The zero-order valence-electron chi connectivity index (χ0n) is 14.7. The van der Waals surface area contributed by atoms with Gasteiger partial charge in [0, 0.05) is 24.9 Å². The predicted molar refractivity (Wildman–Crippen MR) is 99.5 cm³/mol. The van der Waals surface area contributed by atoms with E-state index in [0.29, 0.717) is 5.76 Å². The fraction of sp³-hybridized carbons (Fsp3) is 0.100. The summed E-state index contributed by atoms with van der Waals surface area (Å²) in [5, 5.41) is 11.1. The fourth-order valence-corrected chi connectivity index (χ4v) is 2.75. The second-order valence-corrected chi connectivity index (χ2v) is 5.98. The summed E-state index contributed by atoms with van der Waals surface area (Å²) in [4.78, 5) is 16.7. The zero-order chi connectivity index (χ0) is 18.6. The molecule has 0 saturated carbocycles. The molecule has 4 rings (SSSR count). The van der Waals surface area contributed by atoms with Crippen molar-refractivity contribution in [3.05, 3.63) is 78.2 Å². The van der Waals surface area contributed by atoms with Gasteiger partial charge in [0.1, 0.15) is 0 Å². The molecule has 1 aromatic carbocycles. The molecule has 0 aliphatic carbocycles. The minimum absolute atomic E-state index is 0.231. The molecule has 0 unspecified atom stereocenters. The molecular weight excluding hydrogens is 342 g/mol. The van der Waals surface area contributed by atoms with Crippen molar-refractivity contribution < 1.29 is 9.32 Å². The van der Waals surface area contributed by atoms with E-state index < -0.39 is 0 Å². The standard InChI is InChI=1S/C20H17N5O2/c1-25-18(16-9-5-6-10-21-16)11-15(23-25)13-22-20(26)17-12-19(27-24-17)14-7-3-2-4-8-14/h2-12H,13H2,1H3,(H,22,26). The van der Waals surface area contributed by atoms with Crippen molar-refractivity contribution >= 4 is 5.91 Å². The van der Waals surface area contributed by atoms with E-state index >= 15 is 0 Å². The predicted octanol–water partition coefficient (Wildman–Crippen LogP) is 3.07. The molecule has 7 nitrogen and oxygen atoms in total. The molecule has 4 aromatic rings. The molecule has 134 valence electrons. The lowest BCUT2D eigenvalue weighted by molar-refractivity contribution is 0.0941. The van der Waals surface area contributed by atoms with Gasteiger partial charge in [-0.3, -0.25) is 14.5 Å². The summed E-state index contributed by atoms with van der Waals surface area (Å²) < 4.78 is 7.01. The number of nitrogens with one attached hydrogen (secondary N) is 1. The lowest BCUT2D eigenvalue weighted by Gasteiger charge is -1.99. The maximum Gasteiger partial charge on any atom is 0.273 e. The first-order valence-corrected chi connectivity index (χ1v) is 8.45. The van der Waals surface area contributed by atoms with E-state index in [1.807, 2.05) is 61.6 Å². The van der Waals surface area contributed by atoms with E-state index in [2.05, 4.69) is 20.6 Å². The topological polar surface area (TPSA) is 85.8 Å². The van der Waals surface area contributed by atoms with Gasteiger partial charge in [0.25, 0.3) is 5.91 Å². The number of carbonyl (C=O) groups is 1. The van der Waals surface area contributed by atoms with Gasteiger partial charge >= 0.3 is 0 Å². The molecule has 1 amide bonds. The molecule has 7 heteroatoms. The van der Waals surface area contributed by atoms with E-state index in [1.54, 1.807) is 16.9 Å². The molecule has 0 spiro atoms. The summed E-state index contributed by atoms with van der Waals surface area (Å²) in [6.07, 6.45) is 1.73. The molecule has 0 radical (unpaired) electrons. The van der Waals surface area contributed by atoms with Gasteiger partial charge in [-0.15, -0.1) is 0 Å². The Morgan fingerprint density at radius 2 is 1.93 bits per heavy atom. The average Bonchev–Trinajstić information content (AvgIpc) is 3.35. The van der Waals surface area contributed by atoms with Crippen molar-refractivity contribution in [2.24, 2.45) is 7.05 Å². The van der Waals surface area contributed by atoms with Crippen molar-refractivity contribution in [2.45, 2.75) is 6.54 Å². The molecular formula is C20H17N5O2. The lowest BCUT2D eigenvalue weighted by atomic mass is 10.1. The molecule has 27 heavy (non-hydrogen) atoms. The molecule has 3 heterocycles. The number of hydrogen-bond donors (Lipinski definition) is 1. The number of hydrogen-bond acceptors (Lipinski definition) is 5. The first-order chi connectivity index (χ1) is 13.2. The number of carbonyl (C=O) groups excluding carboxylic acids is 1. The monoisotopic (exact) mass is 359 g/mol. The highest BCUT2D eigenvalue weighted by atomic mass is 16.5. The summed E-state index contributed by atoms with van der Waals surface area (Å²) in [7, 11) is 1.85. The van der Waals surface area contributed by atoms with Crippen molar-refractivity contribution in [3.63, 3.8) is 0 Å². The van der Waals surface area contributed by atoms with E-state index in [9.17, 15) is 4.79 Å². The average molecular weight is 359 g/mol. The van der Waals surface area contributed by atoms with Gasteiger partial charge in [0.2, 0.25) is 0 Å². The van der Waals surface area contributed by atoms with Crippen LogP contribution in [0.25, 0.3) is 22.7 Å². The van der Waals surface area contributed by atoms with E-state index in [1.165, 1.54) is 0 Å². The summed E-state index contributed by atoms with van der Waals surface area (Å²) in [5.74, 6) is 0.238. The number of rotatable bonds is 5. The minimum Gasteiger partial charge on any atom is -0.355 e. The van der Waals surface area contributed by atoms with E-state index in [0.717, 1.165) is 22.6 Å². The Kier molecular flexibility index (Phi) is 4.49. The Balaban J connectivity index is 1.44. The van der Waals surface area contributed by atoms with E-state index in [4.69, 9.17) is 4.52 Å². The molecule has 0 atom stereocenters. The number of benzene rings is 1. The zero-order valence-corrected chi connectivity index (χ0v) is 14.7. The van der Waals surface area contributed by atoms with Crippen LogP contribution >= 0.6 is 0 Å². The van der Waals surface area contributed by atoms with Crippen molar-refractivity contribution in [3.8, 4) is 22.7 Å². The van der Waals surface area contributed by atoms with Crippen LogP contribution in [0.15, 0.2) is 71.4 Å². The summed E-state index contributed by atoms with van der Waals surface area (Å²) in [5.41, 5.74) is 3.54. The quantitative estimate of drug-likeness (QED) is 0.592. The molecule has 0 bridgehead atoms. The van der Waals surface area contributed by atoms with Crippen LogP contribution in [0.1, 0.15) is 16.2 Å². The number of aryl methyl sites for hydroxylation is 1. The summed E-state index contributed by atoms with van der Waals surface area (Å²) in [6, 6.07) is 18.7. The number of amides is 1. The maximum absolute atomic E-state index is 12.3. The van der Waals surface area contributed by atoms with Crippen LogP contribution in [0.4, 0.5) is 0 Å². The van der Waals surface area contributed by atoms with Gasteiger partial charge < -0.3 is 9.84 Å². The third-order valence-electron chi connectivity index (χ3n) is 4.09. The SMILES string of the molecule is Cn1nc(CNC(=O)c2cc(-c3ccccc3)on2)cc1-c1ccccn1. The van der Waals surface area contributed by atoms with Gasteiger partial charge in [-0.05, 0) is 18.2 Å². The second kappa shape index (κ2) is 7.25. The molecule has 1 N–H and O–H groups in total. The van der Waals surface area contributed by atoms with Crippen LogP contribution in [0.5, 0.6) is 0 Å². The Morgan fingerprint density at radius 3 is 2.70 bits per heavy atom. The summed E-state index contributed by atoms with van der Waals surface area (Å²) >= 11 is 0. The first kappa shape index (κ1) is 16.7. The summed E-state index contributed by atoms with van der Waals surface area (Å²) in [6.45, 7) is 0.285. The maximum atomic E-state index is 12.3. The van der Waals surface area contributed by atoms with Crippen molar-refractivity contribution in [1.29, 1.82) is 0 Å². The number of nitrogens with zero attached hydrogens (tertiary/aromatic N) is 4. The highest BCUT2D eigenvalue weighted by Crippen LogP contribution is 2.20. The molecule has 0 saturated heterocycles. The van der Waals surface area contributed by atoms with Crippen molar-refractivity contribution in [1.82, 2.24) is 25.2 Å². The minimum atomic E-state index is -0.314. The number of aromatic nitrogens is 4. The van der Waals surface area contributed by atoms with Crippen molar-refractivity contribution in [2.75, 3.05) is 0 Å². The highest BCUT2D eigenvalue weighted by molar-refractivity contribution is 5.93. The van der Waals surface area contributed by atoms with Crippen LogP contribution < -0.4 is 5.32 Å².